The summed E-state index contributed by atoms with van der Waals surface area (Å²) in [6, 6.07) is 4.07. The highest BCUT2D eigenvalue weighted by Crippen LogP contribution is 2.29. The van der Waals surface area contributed by atoms with Gasteiger partial charge in [0.2, 0.25) is 0 Å². The topological polar surface area (TPSA) is 45.8 Å². The highest BCUT2D eigenvalue weighted by molar-refractivity contribution is 9.10. The summed E-state index contributed by atoms with van der Waals surface area (Å²) in [7, 11) is 0. The predicted molar refractivity (Wildman–Crippen MR) is 73.5 cm³/mol. The third-order valence-corrected chi connectivity index (χ3v) is 3.42. The molecule has 0 spiro atoms. The molecule has 0 saturated heterocycles. The summed E-state index contributed by atoms with van der Waals surface area (Å²) in [5.41, 5.74) is 3.19. The lowest BCUT2D eigenvalue weighted by Gasteiger charge is -2.20. The number of nitrogens with zero attached hydrogens (tertiary/aromatic N) is 1. The van der Waals surface area contributed by atoms with Gasteiger partial charge in [-0.15, -0.1) is 0 Å². The SMILES string of the molecule is Cc1nc2cc(C(C)(C)C)cc(Br)c2[nH]c1=O. The van der Waals surface area contributed by atoms with E-state index in [9.17, 15) is 4.79 Å². The molecule has 0 bridgehead atoms. The second-order valence-corrected chi connectivity index (χ2v) is 6.11. The molecular formula is C13H15BrN2O. The van der Waals surface area contributed by atoms with Gasteiger partial charge < -0.3 is 4.98 Å². The van der Waals surface area contributed by atoms with Crippen molar-refractivity contribution in [1.29, 1.82) is 0 Å². The summed E-state index contributed by atoms with van der Waals surface area (Å²) >= 11 is 3.49. The quantitative estimate of drug-likeness (QED) is 0.810. The number of aromatic amines is 1. The maximum atomic E-state index is 11.5. The number of hydrogen-bond acceptors (Lipinski definition) is 2. The molecule has 1 aromatic heterocycles. The molecule has 2 aromatic rings. The Morgan fingerprint density at radius 3 is 2.53 bits per heavy atom. The second-order valence-electron chi connectivity index (χ2n) is 5.25. The van der Waals surface area contributed by atoms with E-state index < -0.39 is 0 Å². The number of rotatable bonds is 0. The fraction of sp³-hybridized carbons (Fsp3) is 0.385. The van der Waals surface area contributed by atoms with E-state index in [0.29, 0.717) is 5.69 Å². The van der Waals surface area contributed by atoms with E-state index in [4.69, 9.17) is 0 Å². The van der Waals surface area contributed by atoms with Gasteiger partial charge in [-0.3, -0.25) is 4.79 Å². The van der Waals surface area contributed by atoms with Crippen molar-refractivity contribution in [3.63, 3.8) is 0 Å². The molecule has 0 aliphatic rings. The molecule has 0 fully saturated rings. The van der Waals surface area contributed by atoms with Crippen LogP contribution in [0.4, 0.5) is 0 Å². The summed E-state index contributed by atoms with van der Waals surface area (Å²) in [5.74, 6) is 0. The minimum atomic E-state index is -0.137. The van der Waals surface area contributed by atoms with Crippen LogP contribution < -0.4 is 5.56 Å². The third kappa shape index (κ3) is 2.27. The maximum absolute atomic E-state index is 11.5. The summed E-state index contributed by atoms with van der Waals surface area (Å²) < 4.78 is 0.879. The summed E-state index contributed by atoms with van der Waals surface area (Å²) in [6.45, 7) is 8.17. The number of fused-ring (bicyclic) bond motifs is 1. The normalized spacial score (nSPS) is 12.1. The van der Waals surface area contributed by atoms with E-state index >= 15 is 0 Å². The highest BCUT2D eigenvalue weighted by atomic mass is 79.9. The first kappa shape index (κ1) is 12.3. The molecular weight excluding hydrogens is 280 g/mol. The van der Waals surface area contributed by atoms with E-state index in [1.165, 1.54) is 5.56 Å². The standard InChI is InChI=1S/C13H15BrN2O/c1-7-12(17)16-11-9(14)5-8(13(2,3)4)6-10(11)15-7/h5-6H,1-4H3,(H,16,17). The van der Waals surface area contributed by atoms with Gasteiger partial charge in [0.1, 0.15) is 5.69 Å². The van der Waals surface area contributed by atoms with Crippen molar-refractivity contribution >= 4 is 27.0 Å². The van der Waals surface area contributed by atoms with Gasteiger partial charge in [-0.1, -0.05) is 20.8 Å². The molecule has 0 saturated carbocycles. The number of nitrogens with one attached hydrogen (secondary N) is 1. The van der Waals surface area contributed by atoms with Gasteiger partial charge in [-0.25, -0.2) is 4.98 Å². The minimum absolute atomic E-state index is 0.0580. The van der Waals surface area contributed by atoms with Gasteiger partial charge in [0.05, 0.1) is 11.0 Å². The monoisotopic (exact) mass is 294 g/mol. The number of benzene rings is 1. The summed E-state index contributed by atoms with van der Waals surface area (Å²) in [6.07, 6.45) is 0. The van der Waals surface area contributed by atoms with Crippen molar-refractivity contribution in [2.45, 2.75) is 33.1 Å². The maximum Gasteiger partial charge on any atom is 0.269 e. The predicted octanol–water partition coefficient (Wildman–Crippen LogP) is 3.29. The lowest BCUT2D eigenvalue weighted by atomic mass is 9.87. The van der Waals surface area contributed by atoms with Crippen molar-refractivity contribution in [2.75, 3.05) is 0 Å². The van der Waals surface area contributed by atoms with Crippen LogP contribution in [0, 0.1) is 6.92 Å². The van der Waals surface area contributed by atoms with Crippen molar-refractivity contribution in [3.05, 3.63) is 38.2 Å². The van der Waals surface area contributed by atoms with Crippen LogP contribution in [0.1, 0.15) is 32.0 Å². The molecule has 1 aromatic carbocycles. The molecule has 2 rings (SSSR count). The molecule has 0 atom stereocenters. The van der Waals surface area contributed by atoms with E-state index in [1.807, 2.05) is 12.1 Å². The van der Waals surface area contributed by atoms with E-state index in [0.717, 1.165) is 15.5 Å². The fourth-order valence-corrected chi connectivity index (χ4v) is 2.22. The van der Waals surface area contributed by atoms with Crippen LogP contribution >= 0.6 is 15.9 Å². The number of hydrogen-bond donors (Lipinski definition) is 1. The molecule has 0 aliphatic carbocycles. The van der Waals surface area contributed by atoms with Crippen LogP contribution in [0.3, 0.4) is 0 Å². The number of aryl methyl sites for hydroxylation is 1. The average molecular weight is 295 g/mol. The highest BCUT2D eigenvalue weighted by Gasteiger charge is 2.16. The first-order chi connectivity index (χ1) is 7.79. The van der Waals surface area contributed by atoms with E-state index in [2.05, 4.69) is 46.7 Å². The first-order valence-corrected chi connectivity index (χ1v) is 6.29. The second kappa shape index (κ2) is 3.95. The Morgan fingerprint density at radius 2 is 1.94 bits per heavy atom. The van der Waals surface area contributed by atoms with E-state index in [1.54, 1.807) is 6.92 Å². The number of H-pyrrole nitrogens is 1. The van der Waals surface area contributed by atoms with Gasteiger partial charge in [0.15, 0.2) is 0 Å². The number of halogens is 1. The first-order valence-electron chi connectivity index (χ1n) is 5.50. The van der Waals surface area contributed by atoms with Crippen LogP contribution in [0.5, 0.6) is 0 Å². The lowest BCUT2D eigenvalue weighted by molar-refractivity contribution is 0.590. The van der Waals surface area contributed by atoms with Gasteiger partial charge in [0, 0.05) is 4.47 Å². The Labute approximate surface area is 108 Å². The third-order valence-electron chi connectivity index (χ3n) is 2.79. The lowest BCUT2D eigenvalue weighted by Crippen LogP contribution is -2.14. The average Bonchev–Trinajstić information content (AvgIpc) is 2.19. The number of aromatic nitrogens is 2. The Hall–Kier alpha value is -1.16. The molecule has 0 radical (unpaired) electrons. The fourth-order valence-electron chi connectivity index (χ4n) is 1.67. The van der Waals surface area contributed by atoms with Crippen molar-refractivity contribution < 1.29 is 0 Å². The molecule has 0 amide bonds. The zero-order valence-electron chi connectivity index (χ0n) is 10.4. The molecule has 3 nitrogen and oxygen atoms in total. The Bertz CT molecular complexity index is 638. The van der Waals surface area contributed by atoms with Gasteiger partial charge >= 0.3 is 0 Å². The van der Waals surface area contributed by atoms with Crippen molar-refractivity contribution in [1.82, 2.24) is 9.97 Å². The Balaban J connectivity index is 2.83. The largest absolute Gasteiger partial charge is 0.318 e. The smallest absolute Gasteiger partial charge is 0.269 e. The Kier molecular flexibility index (Phi) is 2.86. The van der Waals surface area contributed by atoms with E-state index in [-0.39, 0.29) is 11.0 Å². The van der Waals surface area contributed by atoms with Crippen LogP contribution in [0.15, 0.2) is 21.4 Å². The zero-order chi connectivity index (χ0) is 12.8. The molecule has 4 heteroatoms. The zero-order valence-corrected chi connectivity index (χ0v) is 12.0. The minimum Gasteiger partial charge on any atom is -0.318 e. The molecule has 0 unspecified atom stereocenters. The van der Waals surface area contributed by atoms with Crippen LogP contribution in [-0.4, -0.2) is 9.97 Å². The van der Waals surface area contributed by atoms with Crippen LogP contribution in [-0.2, 0) is 5.41 Å². The van der Waals surface area contributed by atoms with Gasteiger partial charge in [0.25, 0.3) is 5.56 Å². The van der Waals surface area contributed by atoms with Crippen LogP contribution in [0.2, 0.25) is 0 Å². The molecule has 1 N–H and O–H groups in total. The molecule has 90 valence electrons. The van der Waals surface area contributed by atoms with Crippen molar-refractivity contribution in [3.8, 4) is 0 Å². The summed E-state index contributed by atoms with van der Waals surface area (Å²) in [4.78, 5) is 18.7. The van der Waals surface area contributed by atoms with Gasteiger partial charge in [-0.05, 0) is 46.0 Å². The van der Waals surface area contributed by atoms with Crippen LogP contribution in [0.25, 0.3) is 11.0 Å². The van der Waals surface area contributed by atoms with Gasteiger partial charge in [-0.2, -0.15) is 0 Å². The Morgan fingerprint density at radius 1 is 1.29 bits per heavy atom. The molecule has 17 heavy (non-hydrogen) atoms. The summed E-state index contributed by atoms with van der Waals surface area (Å²) in [5, 5.41) is 0. The van der Waals surface area contributed by atoms with Crippen molar-refractivity contribution in [2.24, 2.45) is 0 Å². The molecule has 1 heterocycles. The molecule has 0 aliphatic heterocycles.